The maximum atomic E-state index is 13.4. The van der Waals surface area contributed by atoms with E-state index in [4.69, 9.17) is 14.7 Å². The molecule has 0 spiro atoms. The van der Waals surface area contributed by atoms with E-state index in [1.807, 2.05) is 30.3 Å². The Bertz CT molecular complexity index is 568. The predicted molar refractivity (Wildman–Crippen MR) is 66.9 cm³/mol. The van der Waals surface area contributed by atoms with Crippen molar-refractivity contribution < 1.29 is 23.5 Å². The average Bonchev–Trinajstić information content (AvgIpc) is 2.39. The van der Waals surface area contributed by atoms with E-state index in [0.29, 0.717) is 6.42 Å². The maximum Gasteiger partial charge on any atom is 0.373 e. The van der Waals surface area contributed by atoms with Crippen molar-refractivity contribution >= 4 is 6.15 Å². The molecule has 0 unspecified atom stereocenters. The second-order valence-corrected chi connectivity index (χ2v) is 3.96. The third-order valence-electron chi connectivity index (χ3n) is 2.63. The van der Waals surface area contributed by atoms with Crippen molar-refractivity contribution in [2.75, 3.05) is 0 Å². The second-order valence-electron chi connectivity index (χ2n) is 3.96. The van der Waals surface area contributed by atoms with Crippen molar-refractivity contribution in [1.29, 1.82) is 0 Å². The molecule has 5 heteroatoms. The Balaban J connectivity index is 0.000000612. The third kappa shape index (κ3) is 4.63. The molecule has 0 aromatic heterocycles. The van der Waals surface area contributed by atoms with Crippen molar-refractivity contribution in [3.05, 3.63) is 65.2 Å². The highest BCUT2D eigenvalue weighted by Gasteiger charge is 2.10. The van der Waals surface area contributed by atoms with E-state index < -0.39 is 11.6 Å². The third-order valence-corrected chi connectivity index (χ3v) is 2.63. The minimum atomic E-state index is -0.696. The molecule has 0 heterocycles. The first-order valence-corrected chi connectivity index (χ1v) is 5.78. The van der Waals surface area contributed by atoms with Crippen LogP contribution in [0.25, 0.3) is 0 Å². The standard InChI is InChI=1S/C14H12F2O.CO2/c15-13-8-11(17)9-14(16)12(13)7-6-10-4-2-1-3-5-10;2-1-3/h1-5,8-9,17H,6-7H2;. The van der Waals surface area contributed by atoms with Gasteiger partial charge in [0.25, 0.3) is 0 Å². The van der Waals surface area contributed by atoms with Crippen LogP contribution in [-0.4, -0.2) is 11.3 Å². The lowest BCUT2D eigenvalue weighted by Crippen LogP contribution is -1.98. The molecule has 20 heavy (non-hydrogen) atoms. The molecule has 0 atom stereocenters. The van der Waals surface area contributed by atoms with Gasteiger partial charge in [-0.3, -0.25) is 0 Å². The maximum absolute atomic E-state index is 13.4. The lowest BCUT2D eigenvalue weighted by molar-refractivity contribution is -0.191. The molecule has 0 aliphatic heterocycles. The summed E-state index contributed by atoms with van der Waals surface area (Å²) in [7, 11) is 0. The van der Waals surface area contributed by atoms with Gasteiger partial charge in [0.2, 0.25) is 0 Å². The number of halogens is 2. The molecule has 2 aromatic rings. The van der Waals surface area contributed by atoms with Crippen LogP contribution in [0.5, 0.6) is 5.75 Å². The largest absolute Gasteiger partial charge is 0.508 e. The zero-order chi connectivity index (χ0) is 15.0. The van der Waals surface area contributed by atoms with Crippen molar-refractivity contribution in [2.24, 2.45) is 0 Å². The molecular weight excluding hydrogens is 266 g/mol. The summed E-state index contributed by atoms with van der Waals surface area (Å²) in [5, 5.41) is 9.02. The van der Waals surface area contributed by atoms with Gasteiger partial charge in [-0.15, -0.1) is 0 Å². The van der Waals surface area contributed by atoms with E-state index in [0.717, 1.165) is 17.7 Å². The van der Waals surface area contributed by atoms with Crippen LogP contribution >= 0.6 is 0 Å². The van der Waals surface area contributed by atoms with Gasteiger partial charge in [-0.25, -0.2) is 8.78 Å². The van der Waals surface area contributed by atoms with Crippen molar-refractivity contribution in [3.8, 4) is 5.75 Å². The topological polar surface area (TPSA) is 54.4 Å². The van der Waals surface area contributed by atoms with Crippen LogP contribution in [0, 0.1) is 11.6 Å². The summed E-state index contributed by atoms with van der Waals surface area (Å²) < 4.78 is 26.8. The van der Waals surface area contributed by atoms with Gasteiger partial charge in [-0.1, -0.05) is 30.3 Å². The molecular formula is C15H12F2O3. The molecule has 0 radical (unpaired) electrons. The van der Waals surface area contributed by atoms with Crippen molar-refractivity contribution in [1.82, 2.24) is 0 Å². The Morgan fingerprint density at radius 3 is 1.95 bits per heavy atom. The van der Waals surface area contributed by atoms with E-state index in [9.17, 15) is 8.78 Å². The zero-order valence-corrected chi connectivity index (χ0v) is 10.5. The number of carbonyl (C=O) groups excluding carboxylic acids is 2. The molecule has 0 amide bonds. The van der Waals surface area contributed by atoms with E-state index in [1.54, 1.807) is 0 Å². The van der Waals surface area contributed by atoms with Gasteiger partial charge in [0, 0.05) is 17.7 Å². The molecule has 104 valence electrons. The SMILES string of the molecule is O=C=O.Oc1cc(F)c(CCc2ccccc2)c(F)c1. The fraction of sp³-hybridized carbons (Fsp3) is 0.133. The average molecular weight is 278 g/mol. The summed E-state index contributed by atoms with van der Waals surface area (Å²) in [6.45, 7) is 0. The number of phenols is 1. The van der Waals surface area contributed by atoms with Gasteiger partial charge in [0.1, 0.15) is 17.4 Å². The molecule has 0 saturated heterocycles. The van der Waals surface area contributed by atoms with Crippen molar-refractivity contribution in [3.63, 3.8) is 0 Å². The number of rotatable bonds is 3. The fourth-order valence-corrected chi connectivity index (χ4v) is 1.74. The quantitative estimate of drug-likeness (QED) is 0.939. The minimum absolute atomic E-state index is 0.0200. The van der Waals surface area contributed by atoms with Crippen LogP contribution in [0.3, 0.4) is 0 Å². The summed E-state index contributed by atoms with van der Waals surface area (Å²) in [6.07, 6.45) is 1.10. The summed E-state index contributed by atoms with van der Waals surface area (Å²) in [4.78, 5) is 16.2. The Hall–Kier alpha value is -2.52. The number of benzene rings is 2. The van der Waals surface area contributed by atoms with Crippen LogP contribution in [0.2, 0.25) is 0 Å². The predicted octanol–water partition coefficient (Wildman–Crippen LogP) is 2.87. The molecule has 2 aromatic carbocycles. The smallest absolute Gasteiger partial charge is 0.373 e. The normalized spacial score (nSPS) is 9.30. The van der Waals surface area contributed by atoms with Gasteiger partial charge >= 0.3 is 6.15 Å². The van der Waals surface area contributed by atoms with Crippen LogP contribution in [0.1, 0.15) is 11.1 Å². The van der Waals surface area contributed by atoms with E-state index in [-0.39, 0.29) is 23.9 Å². The number of phenolic OH excluding ortho intramolecular Hbond substituents is 1. The summed E-state index contributed by atoms with van der Waals surface area (Å²) >= 11 is 0. The summed E-state index contributed by atoms with van der Waals surface area (Å²) in [5.41, 5.74) is 1.05. The molecule has 3 nitrogen and oxygen atoms in total. The first-order valence-electron chi connectivity index (χ1n) is 5.78. The van der Waals surface area contributed by atoms with E-state index >= 15 is 0 Å². The fourth-order valence-electron chi connectivity index (χ4n) is 1.74. The Kier molecular flexibility index (Phi) is 6.07. The Morgan fingerprint density at radius 1 is 0.950 bits per heavy atom. The molecule has 2 rings (SSSR count). The Labute approximate surface area is 114 Å². The molecule has 0 aliphatic rings. The molecule has 1 N–H and O–H groups in total. The van der Waals surface area contributed by atoms with Crippen LogP contribution < -0.4 is 0 Å². The summed E-state index contributed by atoms with van der Waals surface area (Å²) in [5.74, 6) is -1.78. The Morgan fingerprint density at radius 2 is 1.45 bits per heavy atom. The molecule has 0 fully saturated rings. The van der Waals surface area contributed by atoms with Crippen LogP contribution in [0.15, 0.2) is 42.5 Å². The molecule has 0 bridgehead atoms. The molecule has 0 saturated carbocycles. The van der Waals surface area contributed by atoms with Gasteiger partial charge in [0.05, 0.1) is 0 Å². The van der Waals surface area contributed by atoms with Crippen molar-refractivity contribution in [2.45, 2.75) is 12.8 Å². The number of aryl methyl sites for hydroxylation is 1. The monoisotopic (exact) mass is 278 g/mol. The summed E-state index contributed by atoms with van der Waals surface area (Å²) in [6, 6.07) is 11.4. The van der Waals surface area contributed by atoms with Gasteiger partial charge in [-0.2, -0.15) is 9.59 Å². The van der Waals surface area contributed by atoms with E-state index in [2.05, 4.69) is 0 Å². The number of hydrogen-bond donors (Lipinski definition) is 1. The lowest BCUT2D eigenvalue weighted by atomic mass is 10.0. The van der Waals surface area contributed by atoms with Gasteiger partial charge < -0.3 is 5.11 Å². The first-order chi connectivity index (χ1) is 9.58. The first kappa shape index (κ1) is 15.5. The van der Waals surface area contributed by atoms with Gasteiger partial charge in [0.15, 0.2) is 0 Å². The number of hydrogen-bond acceptors (Lipinski definition) is 3. The zero-order valence-electron chi connectivity index (χ0n) is 10.5. The number of aromatic hydroxyl groups is 1. The van der Waals surface area contributed by atoms with Gasteiger partial charge in [-0.05, 0) is 18.4 Å². The second kappa shape index (κ2) is 7.81. The minimum Gasteiger partial charge on any atom is -0.508 e. The highest BCUT2D eigenvalue weighted by molar-refractivity contribution is 5.30. The van der Waals surface area contributed by atoms with E-state index in [1.165, 1.54) is 0 Å². The highest BCUT2D eigenvalue weighted by Crippen LogP contribution is 2.21. The molecule has 0 aliphatic carbocycles. The lowest BCUT2D eigenvalue weighted by Gasteiger charge is -2.06. The van der Waals surface area contributed by atoms with Crippen LogP contribution in [-0.2, 0) is 22.4 Å². The van der Waals surface area contributed by atoms with Crippen LogP contribution in [0.4, 0.5) is 8.78 Å². The highest BCUT2D eigenvalue weighted by atomic mass is 19.1.